The molecule has 0 saturated carbocycles. The number of carbonyl (C=O) groups is 3. The minimum absolute atomic E-state index is 0.0762. The number of likely N-dealkylation sites (N-methyl/N-ethyl adjacent to an activating group) is 1. The number of thiazole rings is 1. The molecule has 0 bridgehead atoms. The number of benzene rings is 1. The van der Waals surface area contributed by atoms with Crippen LogP contribution in [0.5, 0.6) is 0 Å². The van der Waals surface area contributed by atoms with Crippen LogP contribution in [0.15, 0.2) is 42.0 Å². The highest BCUT2D eigenvalue weighted by atomic mass is 32.1. The Morgan fingerprint density at radius 3 is 2.36 bits per heavy atom. The highest BCUT2D eigenvalue weighted by Gasteiger charge is 2.29. The zero-order valence-corrected chi connectivity index (χ0v) is 24.2. The van der Waals surface area contributed by atoms with Crippen LogP contribution in [-0.4, -0.2) is 84.2 Å². The average molecular weight is 559 g/mol. The van der Waals surface area contributed by atoms with Crippen molar-refractivity contribution in [1.82, 2.24) is 30.7 Å². The molecule has 1 saturated heterocycles. The molecule has 2 heterocycles. The molecular weight excluding hydrogens is 516 g/mol. The van der Waals surface area contributed by atoms with Crippen LogP contribution in [0, 0.1) is 5.92 Å². The van der Waals surface area contributed by atoms with Gasteiger partial charge in [0.25, 0.3) is 0 Å². The number of amides is 4. The topological polar surface area (TPSA) is 116 Å². The normalized spacial score (nSPS) is 16.3. The lowest BCUT2D eigenvalue weighted by atomic mass is 9.98. The lowest BCUT2D eigenvalue weighted by molar-refractivity contribution is -0.124. The van der Waals surface area contributed by atoms with Crippen molar-refractivity contribution in [2.75, 3.05) is 33.2 Å². The molecule has 39 heavy (non-hydrogen) atoms. The molecule has 1 aromatic carbocycles. The highest BCUT2D eigenvalue weighted by Crippen LogP contribution is 2.13. The maximum Gasteiger partial charge on any atom is 0.407 e. The van der Waals surface area contributed by atoms with Crippen LogP contribution in [0.2, 0.25) is 0 Å². The summed E-state index contributed by atoms with van der Waals surface area (Å²) in [6.07, 6.45) is 3.13. The monoisotopic (exact) mass is 558 g/mol. The second-order valence-electron chi connectivity index (χ2n) is 10.5. The number of ether oxygens (including phenoxy) is 1. The zero-order valence-electron chi connectivity index (χ0n) is 23.4. The summed E-state index contributed by atoms with van der Waals surface area (Å²) < 4.78 is 5.28. The molecule has 0 radical (unpaired) electrons. The van der Waals surface area contributed by atoms with Gasteiger partial charge in [0.2, 0.25) is 5.91 Å². The summed E-state index contributed by atoms with van der Waals surface area (Å²) in [5.41, 5.74) is 2.80. The minimum Gasteiger partial charge on any atom is -0.444 e. The molecule has 0 spiro atoms. The van der Waals surface area contributed by atoms with Crippen LogP contribution >= 0.6 is 11.3 Å². The second kappa shape index (κ2) is 15.4. The average Bonchev–Trinajstić information content (AvgIpc) is 3.43. The number of alkyl carbamates (subject to hydrolysis) is 1. The molecule has 0 aliphatic carbocycles. The fourth-order valence-corrected chi connectivity index (χ4v) is 4.91. The first kappa shape index (κ1) is 30.4. The summed E-state index contributed by atoms with van der Waals surface area (Å²) in [5, 5.41) is 9.02. The first-order valence-corrected chi connectivity index (χ1v) is 14.5. The first-order valence-electron chi connectivity index (χ1n) is 13.6. The molecule has 3 rings (SSSR count). The van der Waals surface area contributed by atoms with Crippen LogP contribution < -0.4 is 16.0 Å². The number of carbonyl (C=O) groups excluding carboxylic acids is 3. The summed E-state index contributed by atoms with van der Waals surface area (Å²) in [6, 6.07) is 8.82. The first-order chi connectivity index (χ1) is 18.7. The van der Waals surface area contributed by atoms with E-state index < -0.39 is 12.1 Å². The SMILES string of the molecule is CC(CCC(Cc1ccccc1)NC(=O)C(NC(=O)N1CCN(C)CC1)C(C)C)NC(=O)OCc1cncs1. The third-order valence-electron chi connectivity index (χ3n) is 6.83. The van der Waals surface area contributed by atoms with E-state index in [1.807, 2.05) is 58.2 Å². The van der Waals surface area contributed by atoms with Gasteiger partial charge in [-0.05, 0) is 44.7 Å². The van der Waals surface area contributed by atoms with Gasteiger partial charge < -0.3 is 30.5 Å². The maximum absolute atomic E-state index is 13.4. The fourth-order valence-electron chi connectivity index (χ4n) is 4.40. The van der Waals surface area contributed by atoms with Crippen molar-refractivity contribution in [2.45, 2.75) is 64.8 Å². The van der Waals surface area contributed by atoms with E-state index in [1.165, 1.54) is 11.3 Å². The lowest BCUT2D eigenvalue weighted by Crippen LogP contribution is -2.57. The van der Waals surface area contributed by atoms with Gasteiger partial charge >= 0.3 is 12.1 Å². The number of aromatic nitrogens is 1. The Bertz CT molecular complexity index is 1030. The molecule has 3 unspecified atom stereocenters. The van der Waals surface area contributed by atoms with E-state index in [0.717, 1.165) is 23.5 Å². The Kier molecular flexibility index (Phi) is 12.0. The summed E-state index contributed by atoms with van der Waals surface area (Å²) in [5.74, 6) is -0.273. The molecule has 1 aliphatic heterocycles. The Morgan fingerprint density at radius 1 is 1.00 bits per heavy atom. The van der Waals surface area contributed by atoms with E-state index in [-0.39, 0.29) is 36.5 Å². The number of urea groups is 1. The van der Waals surface area contributed by atoms with Crippen LogP contribution in [0.3, 0.4) is 0 Å². The van der Waals surface area contributed by atoms with Gasteiger partial charge in [-0.1, -0.05) is 44.2 Å². The van der Waals surface area contributed by atoms with E-state index in [2.05, 4.69) is 25.8 Å². The van der Waals surface area contributed by atoms with Crippen molar-refractivity contribution >= 4 is 29.4 Å². The lowest BCUT2D eigenvalue weighted by Gasteiger charge is -2.34. The van der Waals surface area contributed by atoms with Crippen LogP contribution in [-0.2, 0) is 22.6 Å². The van der Waals surface area contributed by atoms with E-state index in [9.17, 15) is 14.4 Å². The quantitative estimate of drug-likeness (QED) is 0.368. The molecule has 2 aromatic rings. The van der Waals surface area contributed by atoms with Gasteiger partial charge in [0.05, 0.1) is 10.4 Å². The molecule has 11 heteroatoms. The molecule has 214 valence electrons. The highest BCUT2D eigenvalue weighted by molar-refractivity contribution is 7.09. The summed E-state index contributed by atoms with van der Waals surface area (Å²) in [4.78, 5) is 47.4. The number of nitrogens with zero attached hydrogens (tertiary/aromatic N) is 3. The van der Waals surface area contributed by atoms with Crippen LogP contribution in [0.4, 0.5) is 9.59 Å². The summed E-state index contributed by atoms with van der Waals surface area (Å²) in [7, 11) is 2.04. The minimum atomic E-state index is -0.646. The second-order valence-corrected chi connectivity index (χ2v) is 11.5. The van der Waals surface area contributed by atoms with Crippen molar-refractivity contribution in [2.24, 2.45) is 5.92 Å². The predicted octanol–water partition coefficient (Wildman–Crippen LogP) is 3.25. The summed E-state index contributed by atoms with van der Waals surface area (Å²) >= 11 is 1.43. The van der Waals surface area contributed by atoms with Crippen molar-refractivity contribution in [3.8, 4) is 0 Å². The van der Waals surface area contributed by atoms with Gasteiger partial charge in [-0.3, -0.25) is 9.78 Å². The third-order valence-corrected chi connectivity index (χ3v) is 7.58. The number of nitrogens with one attached hydrogen (secondary N) is 3. The van der Waals surface area contributed by atoms with Gasteiger partial charge in [0.1, 0.15) is 12.6 Å². The molecule has 1 aliphatic rings. The zero-order chi connectivity index (χ0) is 28.2. The van der Waals surface area contributed by atoms with E-state index in [0.29, 0.717) is 32.4 Å². The molecule has 10 nitrogen and oxygen atoms in total. The van der Waals surface area contributed by atoms with Crippen LogP contribution in [0.1, 0.15) is 44.1 Å². The number of hydrogen-bond acceptors (Lipinski definition) is 7. The summed E-state index contributed by atoms with van der Waals surface area (Å²) in [6.45, 7) is 8.89. The molecule has 1 fully saturated rings. The van der Waals surface area contributed by atoms with Gasteiger partial charge in [-0.15, -0.1) is 11.3 Å². The molecule has 1 aromatic heterocycles. The smallest absolute Gasteiger partial charge is 0.407 e. The van der Waals surface area contributed by atoms with Gasteiger partial charge in [0, 0.05) is 44.5 Å². The number of rotatable bonds is 12. The van der Waals surface area contributed by atoms with Crippen molar-refractivity contribution in [3.05, 3.63) is 52.5 Å². The van der Waals surface area contributed by atoms with Crippen molar-refractivity contribution < 1.29 is 19.1 Å². The Hall–Kier alpha value is -3.18. The Morgan fingerprint density at radius 2 is 1.72 bits per heavy atom. The van der Waals surface area contributed by atoms with Gasteiger partial charge in [-0.25, -0.2) is 9.59 Å². The molecule has 3 N–H and O–H groups in total. The molecule has 4 amide bonds. The van der Waals surface area contributed by atoms with E-state index in [4.69, 9.17) is 4.74 Å². The van der Waals surface area contributed by atoms with Gasteiger partial charge in [-0.2, -0.15) is 0 Å². The Balaban J connectivity index is 1.56. The predicted molar refractivity (Wildman–Crippen MR) is 152 cm³/mol. The van der Waals surface area contributed by atoms with Gasteiger partial charge in [0.15, 0.2) is 0 Å². The largest absolute Gasteiger partial charge is 0.444 e. The fraction of sp³-hybridized carbons (Fsp3) is 0.571. The van der Waals surface area contributed by atoms with Crippen molar-refractivity contribution in [3.63, 3.8) is 0 Å². The Labute approximate surface area is 235 Å². The standard InChI is InChI=1S/C28H42N6O4S/c1-20(2)25(32-27(36)34-14-12-33(4)13-15-34)26(35)31-23(16-22-8-6-5-7-9-22)11-10-21(3)30-28(37)38-18-24-17-29-19-39-24/h5-9,17,19-21,23,25H,10-16,18H2,1-4H3,(H,30,37)(H,31,35)(H,32,36). The van der Waals surface area contributed by atoms with Crippen molar-refractivity contribution in [1.29, 1.82) is 0 Å². The molecular formula is C28H42N6O4S. The maximum atomic E-state index is 13.4. The van der Waals surface area contributed by atoms with E-state index >= 15 is 0 Å². The van der Waals surface area contributed by atoms with E-state index in [1.54, 1.807) is 16.6 Å². The molecule has 3 atom stereocenters. The third kappa shape index (κ3) is 10.5. The number of hydrogen-bond donors (Lipinski definition) is 3. The van der Waals surface area contributed by atoms with Crippen LogP contribution in [0.25, 0.3) is 0 Å². The number of piperazine rings is 1.